The maximum absolute atomic E-state index is 13.0. The van der Waals surface area contributed by atoms with E-state index < -0.39 is 91.5 Å². The van der Waals surface area contributed by atoms with Crippen molar-refractivity contribution >= 4 is 33.6 Å². The molecule has 5 unspecified atom stereocenters. The van der Waals surface area contributed by atoms with Crippen LogP contribution in [-0.4, -0.2) is 95.9 Å². The Morgan fingerprint density at radius 3 is 0.766 bits per heavy atom. The molecule has 0 heterocycles. The van der Waals surface area contributed by atoms with Crippen LogP contribution in [0.5, 0.6) is 0 Å². The molecule has 5 atom stereocenters. The first-order chi connectivity index (χ1) is 54.2. The predicted molar refractivity (Wildman–Crippen MR) is 463 cm³/mol. The third-order valence-electron chi connectivity index (χ3n) is 17.9. The zero-order valence-electron chi connectivity index (χ0n) is 69.6. The summed E-state index contributed by atoms with van der Waals surface area (Å²) in [6.07, 6.45) is 108. The fourth-order valence-corrected chi connectivity index (χ4v) is 13.0. The lowest BCUT2D eigenvalue weighted by molar-refractivity contribution is -0.161. The Balaban J connectivity index is 4.56. The first-order valence-electron chi connectivity index (χ1n) is 43.4. The van der Waals surface area contributed by atoms with Gasteiger partial charge < -0.3 is 34.2 Å². The average molecular weight is 1590 g/mol. The number of aliphatic hydroxyl groups is 2. The van der Waals surface area contributed by atoms with Crippen LogP contribution in [0.1, 0.15) is 342 Å². The maximum atomic E-state index is 13.0. The summed E-state index contributed by atoms with van der Waals surface area (Å²) in [5.74, 6) is -1.62. The van der Waals surface area contributed by atoms with E-state index in [1.54, 1.807) is 0 Å². The maximum Gasteiger partial charge on any atom is 0.472 e. The number of carbonyl (C=O) groups is 3. The van der Waals surface area contributed by atoms with E-state index in [-0.39, 0.29) is 19.3 Å². The van der Waals surface area contributed by atoms with Crippen molar-refractivity contribution in [2.45, 2.75) is 360 Å². The summed E-state index contributed by atoms with van der Waals surface area (Å²) in [6, 6.07) is 0. The Hall–Kier alpha value is -5.09. The molecule has 0 aliphatic rings. The van der Waals surface area contributed by atoms with Crippen molar-refractivity contribution in [3.05, 3.63) is 170 Å². The normalized spacial score (nSPS) is 14.7. The van der Waals surface area contributed by atoms with Crippen LogP contribution in [0.3, 0.4) is 0 Å². The van der Waals surface area contributed by atoms with E-state index in [0.717, 1.165) is 167 Å². The largest absolute Gasteiger partial charge is 0.472 e. The first kappa shape index (κ1) is 106. The Morgan fingerprint density at radius 2 is 0.477 bits per heavy atom. The molecule has 0 aromatic heterocycles. The third kappa shape index (κ3) is 85.6. The van der Waals surface area contributed by atoms with Gasteiger partial charge in [0, 0.05) is 19.3 Å². The third-order valence-corrected chi connectivity index (χ3v) is 19.8. The van der Waals surface area contributed by atoms with Gasteiger partial charge in [-0.25, -0.2) is 9.13 Å². The van der Waals surface area contributed by atoms with Gasteiger partial charge in [-0.1, -0.05) is 339 Å². The fraction of sp³-hybridized carbons (Fsp3) is 0.667. The van der Waals surface area contributed by atoms with Crippen LogP contribution < -0.4 is 0 Å². The molecule has 0 amide bonds. The minimum absolute atomic E-state index is 0.0578. The first-order valence-corrected chi connectivity index (χ1v) is 46.4. The molecule has 0 aromatic rings. The monoisotopic (exact) mass is 1590 g/mol. The Labute approximate surface area is 675 Å². The number of hydrogen-bond donors (Lipinski definition) is 4. The predicted octanol–water partition coefficient (Wildman–Crippen LogP) is 26.3. The molecule has 0 aliphatic heterocycles. The number of hydrogen-bond acceptors (Lipinski definition) is 14. The Morgan fingerprint density at radius 1 is 0.261 bits per heavy atom. The number of ether oxygens (including phenoxy) is 3. The van der Waals surface area contributed by atoms with Crippen molar-refractivity contribution < 1.29 is 75.8 Å². The zero-order chi connectivity index (χ0) is 80.8. The second-order valence-corrected chi connectivity index (χ2v) is 31.5. The van der Waals surface area contributed by atoms with E-state index in [2.05, 4.69) is 191 Å². The van der Waals surface area contributed by atoms with Crippen molar-refractivity contribution in [2.24, 2.45) is 0 Å². The number of aliphatic hydroxyl groups excluding tert-OH is 2. The van der Waals surface area contributed by atoms with E-state index >= 15 is 0 Å². The second-order valence-electron chi connectivity index (χ2n) is 28.6. The van der Waals surface area contributed by atoms with Gasteiger partial charge in [-0.05, 0) is 154 Å². The van der Waals surface area contributed by atoms with Gasteiger partial charge in [-0.2, -0.15) is 0 Å². The van der Waals surface area contributed by atoms with Crippen LogP contribution in [-0.2, 0) is 55.8 Å². The smallest absolute Gasteiger partial charge is 0.463 e. The van der Waals surface area contributed by atoms with Crippen LogP contribution in [0.15, 0.2) is 170 Å². The van der Waals surface area contributed by atoms with Crippen LogP contribution in [0, 0.1) is 0 Å². The minimum atomic E-state index is -4.95. The zero-order valence-corrected chi connectivity index (χ0v) is 71.4. The molecule has 111 heavy (non-hydrogen) atoms. The number of carbonyl (C=O) groups excluding carboxylic acids is 3. The van der Waals surface area contributed by atoms with Gasteiger partial charge in [0.25, 0.3) is 0 Å². The molecule has 0 rings (SSSR count). The molecule has 4 N–H and O–H groups in total. The summed E-state index contributed by atoms with van der Waals surface area (Å²) in [4.78, 5) is 58.8. The van der Waals surface area contributed by atoms with E-state index in [0.29, 0.717) is 19.3 Å². The highest BCUT2D eigenvalue weighted by atomic mass is 31.2. The SMILES string of the molecule is CC/C=C\C/C=C\C/C=C\C/C=C\C/C=C\CCCCCCCCCCCCCCCCCCCC(=O)OCC(O)COP(=O)(O)OCC(O)COP(=O)(O)OCC(COC(=O)CCCCCCCCC/C=C\C/C=C\C/C=C\C/C=C\CCCCC)OC(=O)CCCCC/C=C\C/C=C\C/C=C\C/C=C\C/C=C\CC. The summed E-state index contributed by atoms with van der Waals surface area (Å²) >= 11 is 0. The second kappa shape index (κ2) is 84.3. The highest BCUT2D eigenvalue weighted by Gasteiger charge is 2.29. The van der Waals surface area contributed by atoms with Gasteiger partial charge in [0.1, 0.15) is 25.4 Å². The molecule has 634 valence electrons. The number of allylic oxidation sites excluding steroid dienone is 28. The molecule has 18 heteroatoms. The lowest BCUT2D eigenvalue weighted by atomic mass is 10.0. The van der Waals surface area contributed by atoms with Crippen molar-refractivity contribution in [1.29, 1.82) is 0 Å². The standard InChI is InChI=1S/C93H156O16P2/c1-4-7-10-13-16-19-22-25-28-31-34-36-38-39-40-41-42-43-44-45-46-47-49-51-53-55-58-61-64-67-70-73-76-79-91(96)103-82-88(94)83-105-110(99,100)106-84-89(95)85-107-111(101,102)108-87-90(109-93(98)81-78-75-72-69-66-63-60-57-52-33-30-27-24-21-18-15-12-9-6-3)86-104-92(97)80-77-74-71-68-65-62-59-56-54-50-48-37-35-32-29-26-23-20-17-14-11-8-5-2/h7,9-10,12,16-21,25-30,34-37,39-40,50,52,54,57,63,66,88-90,94-95H,4-6,8,11,13-15,22-24,31-33,38,41-49,51,53,55-56,58-62,64-65,67-87H2,1-3H3,(H,99,100)(H,101,102)/b10-7-,12-9-,19-16-,20-17-,21-18-,28-25-,29-26-,30-27-,36-34-,37-35-,40-39-,54-50-,57-52-,66-63-. The van der Waals surface area contributed by atoms with Crippen LogP contribution in [0.4, 0.5) is 0 Å². The number of phosphoric acid groups is 2. The topological polar surface area (TPSA) is 231 Å². The molecule has 0 spiro atoms. The molecule has 16 nitrogen and oxygen atoms in total. The molecule has 0 saturated heterocycles. The van der Waals surface area contributed by atoms with Crippen LogP contribution >= 0.6 is 15.6 Å². The highest BCUT2D eigenvalue weighted by Crippen LogP contribution is 2.45. The number of unbranched alkanes of at least 4 members (excludes halogenated alkanes) is 30. The van der Waals surface area contributed by atoms with Gasteiger partial charge >= 0.3 is 33.6 Å². The van der Waals surface area contributed by atoms with Crippen LogP contribution in [0.25, 0.3) is 0 Å². The highest BCUT2D eigenvalue weighted by molar-refractivity contribution is 7.47. The molecule has 0 fully saturated rings. The van der Waals surface area contributed by atoms with Crippen LogP contribution in [0.2, 0.25) is 0 Å². The molecular weight excluding hydrogens is 1430 g/mol. The molecule has 0 aliphatic carbocycles. The van der Waals surface area contributed by atoms with Crippen molar-refractivity contribution in [3.63, 3.8) is 0 Å². The van der Waals surface area contributed by atoms with E-state index in [1.807, 2.05) is 0 Å². The number of phosphoric ester groups is 2. The van der Waals surface area contributed by atoms with Crippen molar-refractivity contribution in [2.75, 3.05) is 39.6 Å². The summed E-state index contributed by atoms with van der Waals surface area (Å²) in [7, 11) is -9.82. The summed E-state index contributed by atoms with van der Waals surface area (Å²) in [5.41, 5.74) is 0. The summed E-state index contributed by atoms with van der Waals surface area (Å²) in [5, 5.41) is 20.7. The molecule has 0 bridgehead atoms. The van der Waals surface area contributed by atoms with Crippen molar-refractivity contribution in [3.8, 4) is 0 Å². The number of rotatable bonds is 81. The fourth-order valence-electron chi connectivity index (χ4n) is 11.4. The van der Waals surface area contributed by atoms with E-state index in [9.17, 15) is 43.5 Å². The summed E-state index contributed by atoms with van der Waals surface area (Å²) < 4.78 is 61.3. The van der Waals surface area contributed by atoms with Gasteiger partial charge in [0.2, 0.25) is 0 Å². The summed E-state index contributed by atoms with van der Waals surface area (Å²) in [6.45, 7) is 2.39. The van der Waals surface area contributed by atoms with Crippen molar-refractivity contribution in [1.82, 2.24) is 0 Å². The number of esters is 3. The average Bonchev–Trinajstić information content (AvgIpc) is 0.900. The lowest BCUT2D eigenvalue weighted by Gasteiger charge is -2.21. The van der Waals surface area contributed by atoms with Gasteiger partial charge in [0.15, 0.2) is 6.10 Å². The van der Waals surface area contributed by atoms with E-state index in [4.69, 9.17) is 32.3 Å². The Bertz CT molecular complexity index is 2700. The van der Waals surface area contributed by atoms with Gasteiger partial charge in [0.05, 0.1) is 26.4 Å². The molecule has 0 aromatic carbocycles. The van der Waals surface area contributed by atoms with Gasteiger partial charge in [-0.15, -0.1) is 0 Å². The van der Waals surface area contributed by atoms with E-state index in [1.165, 1.54) is 116 Å². The molecule has 0 radical (unpaired) electrons. The quantitative estimate of drug-likeness (QED) is 0.0146. The molecule has 0 saturated carbocycles. The van der Waals surface area contributed by atoms with Gasteiger partial charge in [-0.3, -0.25) is 32.5 Å². The minimum Gasteiger partial charge on any atom is -0.463 e. The molecular formula is C93H156O16P2. The lowest BCUT2D eigenvalue weighted by Crippen LogP contribution is -2.30. The Kier molecular flexibility index (Phi) is 80.4.